The first kappa shape index (κ1) is 18.6. The van der Waals surface area contributed by atoms with Gasteiger partial charge in [-0.25, -0.2) is 8.42 Å². The van der Waals surface area contributed by atoms with Crippen molar-refractivity contribution in [3.05, 3.63) is 54.1 Å². The number of nitrogens with zero attached hydrogens (tertiary/aromatic N) is 1. The van der Waals surface area contributed by atoms with Gasteiger partial charge in [0.05, 0.1) is 18.6 Å². The van der Waals surface area contributed by atoms with Crippen molar-refractivity contribution in [3.63, 3.8) is 0 Å². The Morgan fingerprint density at radius 1 is 1.08 bits per heavy atom. The maximum absolute atomic E-state index is 12.5. The van der Waals surface area contributed by atoms with E-state index in [1.165, 1.54) is 12.8 Å². The van der Waals surface area contributed by atoms with Crippen molar-refractivity contribution in [2.24, 2.45) is 0 Å². The summed E-state index contributed by atoms with van der Waals surface area (Å²) < 4.78 is 33.1. The molecule has 0 aliphatic carbocycles. The molecule has 0 bridgehead atoms. The molecule has 1 aliphatic heterocycles. The Morgan fingerprint density at radius 2 is 1.81 bits per heavy atom. The number of rotatable bonds is 8. The minimum absolute atomic E-state index is 0.0823. The molecule has 26 heavy (non-hydrogen) atoms. The van der Waals surface area contributed by atoms with E-state index in [2.05, 4.69) is 9.62 Å². The summed E-state index contributed by atoms with van der Waals surface area (Å²) in [7, 11) is -1.87. The molecule has 0 spiro atoms. The number of sulfonamides is 1. The number of benzene rings is 2. The third-order valence-corrected chi connectivity index (χ3v) is 6.00. The van der Waals surface area contributed by atoms with E-state index in [1.807, 2.05) is 48.5 Å². The second-order valence-electron chi connectivity index (χ2n) is 6.59. The summed E-state index contributed by atoms with van der Waals surface area (Å²) >= 11 is 0. The van der Waals surface area contributed by atoms with Crippen LogP contribution in [0.1, 0.15) is 24.8 Å². The molecule has 0 radical (unpaired) electrons. The fourth-order valence-corrected chi connectivity index (χ4v) is 4.40. The van der Waals surface area contributed by atoms with Gasteiger partial charge >= 0.3 is 0 Å². The molecule has 0 atom stereocenters. The van der Waals surface area contributed by atoms with Crippen LogP contribution in [0.3, 0.4) is 0 Å². The van der Waals surface area contributed by atoms with E-state index in [1.54, 1.807) is 7.11 Å². The summed E-state index contributed by atoms with van der Waals surface area (Å²) in [4.78, 5) is 2.27. The third-order valence-electron chi connectivity index (χ3n) is 4.64. The number of hydrogen-bond acceptors (Lipinski definition) is 4. The van der Waals surface area contributed by atoms with Crippen LogP contribution in [0, 0.1) is 0 Å². The fraction of sp³-hybridized carbons (Fsp3) is 0.400. The lowest BCUT2D eigenvalue weighted by Crippen LogP contribution is -2.20. The molecule has 5 nitrogen and oxygen atoms in total. The number of ether oxygens (including phenoxy) is 1. The van der Waals surface area contributed by atoms with E-state index in [0.717, 1.165) is 30.8 Å². The van der Waals surface area contributed by atoms with Crippen LogP contribution in [0.4, 0.5) is 11.4 Å². The standard InChI is InChI=1S/C20H26N2O3S/c1-25-20-12-11-18(22-13-5-6-14-22)16-19(20)21-26(23,24)15-7-10-17-8-3-2-4-9-17/h2-4,8-9,11-12,16,21H,5-7,10,13-15H2,1H3. The predicted octanol–water partition coefficient (Wildman–Crippen LogP) is 3.67. The van der Waals surface area contributed by atoms with Crippen molar-refractivity contribution < 1.29 is 13.2 Å². The van der Waals surface area contributed by atoms with Crippen LogP contribution in [-0.4, -0.2) is 34.4 Å². The van der Waals surface area contributed by atoms with Gasteiger partial charge in [-0.1, -0.05) is 30.3 Å². The van der Waals surface area contributed by atoms with Crippen LogP contribution >= 0.6 is 0 Å². The van der Waals surface area contributed by atoms with Crippen molar-refractivity contribution >= 4 is 21.4 Å². The average Bonchev–Trinajstić information content (AvgIpc) is 3.17. The monoisotopic (exact) mass is 374 g/mol. The van der Waals surface area contributed by atoms with Crippen LogP contribution in [0.5, 0.6) is 5.75 Å². The quantitative estimate of drug-likeness (QED) is 0.766. The Labute approximate surface area is 156 Å². The first-order chi connectivity index (χ1) is 12.6. The van der Waals surface area contributed by atoms with Crippen molar-refractivity contribution in [2.75, 3.05) is 35.6 Å². The summed E-state index contributed by atoms with van der Waals surface area (Å²) in [6.45, 7) is 2.02. The highest BCUT2D eigenvalue weighted by molar-refractivity contribution is 7.92. The SMILES string of the molecule is COc1ccc(N2CCCC2)cc1NS(=O)(=O)CCCc1ccccc1. The molecule has 2 aromatic rings. The van der Waals surface area contributed by atoms with E-state index in [-0.39, 0.29) is 5.75 Å². The molecule has 0 unspecified atom stereocenters. The van der Waals surface area contributed by atoms with Crippen molar-refractivity contribution in [3.8, 4) is 5.75 Å². The molecule has 1 fully saturated rings. The van der Waals surface area contributed by atoms with Gasteiger partial charge in [-0.3, -0.25) is 4.72 Å². The van der Waals surface area contributed by atoms with Gasteiger partial charge in [-0.2, -0.15) is 0 Å². The Hall–Kier alpha value is -2.21. The number of nitrogens with one attached hydrogen (secondary N) is 1. The fourth-order valence-electron chi connectivity index (χ4n) is 3.28. The number of aryl methyl sites for hydroxylation is 1. The first-order valence-electron chi connectivity index (χ1n) is 9.05. The molecule has 2 aromatic carbocycles. The van der Waals surface area contributed by atoms with Crippen LogP contribution in [-0.2, 0) is 16.4 Å². The lowest BCUT2D eigenvalue weighted by molar-refractivity contribution is 0.417. The zero-order valence-corrected chi connectivity index (χ0v) is 16.0. The molecule has 0 saturated carbocycles. The van der Waals surface area contributed by atoms with Crippen LogP contribution in [0.2, 0.25) is 0 Å². The van der Waals surface area contributed by atoms with Gasteiger partial charge < -0.3 is 9.64 Å². The largest absolute Gasteiger partial charge is 0.495 e. The lowest BCUT2D eigenvalue weighted by Gasteiger charge is -2.20. The van der Waals surface area contributed by atoms with Gasteiger partial charge in [-0.15, -0.1) is 0 Å². The van der Waals surface area contributed by atoms with Crippen molar-refractivity contribution in [1.82, 2.24) is 0 Å². The smallest absolute Gasteiger partial charge is 0.232 e. The first-order valence-corrected chi connectivity index (χ1v) is 10.7. The summed E-state index contributed by atoms with van der Waals surface area (Å²) in [5.74, 6) is 0.624. The molecule has 1 heterocycles. The predicted molar refractivity (Wildman–Crippen MR) is 107 cm³/mol. The van der Waals surface area contributed by atoms with Gasteiger partial charge in [0.2, 0.25) is 10.0 Å². The molecule has 1 aliphatic rings. The summed E-state index contributed by atoms with van der Waals surface area (Å²) in [6.07, 6.45) is 3.67. The highest BCUT2D eigenvalue weighted by Gasteiger charge is 2.17. The summed E-state index contributed by atoms with van der Waals surface area (Å²) in [5.41, 5.74) is 2.69. The van der Waals surface area contributed by atoms with Crippen LogP contribution in [0.25, 0.3) is 0 Å². The Balaban J connectivity index is 1.66. The molecular formula is C20H26N2O3S. The Bertz CT molecular complexity index is 816. The summed E-state index contributed by atoms with van der Waals surface area (Å²) in [6, 6.07) is 15.6. The molecular weight excluding hydrogens is 348 g/mol. The van der Waals surface area contributed by atoms with E-state index in [9.17, 15) is 8.42 Å². The van der Waals surface area contributed by atoms with Gasteiger partial charge in [0.15, 0.2) is 0 Å². The Morgan fingerprint density at radius 3 is 2.50 bits per heavy atom. The van der Waals surface area contributed by atoms with Crippen LogP contribution in [0.15, 0.2) is 48.5 Å². The Kier molecular flexibility index (Phi) is 6.04. The molecule has 0 amide bonds. The van der Waals surface area contributed by atoms with Gasteiger partial charge in [-0.05, 0) is 49.4 Å². The van der Waals surface area contributed by atoms with E-state index in [4.69, 9.17) is 4.74 Å². The molecule has 6 heteroatoms. The highest BCUT2D eigenvalue weighted by Crippen LogP contribution is 2.32. The molecule has 0 aromatic heterocycles. The number of hydrogen-bond donors (Lipinski definition) is 1. The second-order valence-corrected chi connectivity index (χ2v) is 8.43. The lowest BCUT2D eigenvalue weighted by atomic mass is 10.1. The van der Waals surface area contributed by atoms with E-state index < -0.39 is 10.0 Å². The highest BCUT2D eigenvalue weighted by atomic mass is 32.2. The summed E-state index contributed by atoms with van der Waals surface area (Å²) in [5, 5.41) is 0. The molecule has 1 saturated heterocycles. The second kappa shape index (κ2) is 8.45. The number of anilines is 2. The minimum Gasteiger partial charge on any atom is -0.495 e. The van der Waals surface area contributed by atoms with Crippen molar-refractivity contribution in [1.29, 1.82) is 0 Å². The molecule has 140 valence electrons. The average molecular weight is 375 g/mol. The number of methoxy groups -OCH3 is 1. The van der Waals surface area contributed by atoms with Crippen molar-refractivity contribution in [2.45, 2.75) is 25.7 Å². The normalized spacial score (nSPS) is 14.4. The topological polar surface area (TPSA) is 58.6 Å². The zero-order valence-electron chi connectivity index (χ0n) is 15.1. The maximum atomic E-state index is 12.5. The van der Waals surface area contributed by atoms with Crippen LogP contribution < -0.4 is 14.4 Å². The van der Waals surface area contributed by atoms with E-state index in [0.29, 0.717) is 17.9 Å². The molecule has 3 rings (SSSR count). The molecule has 1 N–H and O–H groups in total. The zero-order chi connectivity index (χ0) is 18.4. The third kappa shape index (κ3) is 4.91. The minimum atomic E-state index is -3.43. The maximum Gasteiger partial charge on any atom is 0.232 e. The van der Waals surface area contributed by atoms with Gasteiger partial charge in [0.1, 0.15) is 5.75 Å². The van der Waals surface area contributed by atoms with E-state index >= 15 is 0 Å². The van der Waals surface area contributed by atoms with Gasteiger partial charge in [0, 0.05) is 18.8 Å². The van der Waals surface area contributed by atoms with Gasteiger partial charge in [0.25, 0.3) is 0 Å².